The molecule has 16 heavy (non-hydrogen) atoms. The molecular weight excluding hydrogens is 232 g/mol. The van der Waals surface area contributed by atoms with Crippen molar-refractivity contribution in [2.45, 2.75) is 38.0 Å². The van der Waals surface area contributed by atoms with E-state index in [-0.39, 0.29) is 24.4 Å². The summed E-state index contributed by atoms with van der Waals surface area (Å²) < 4.78 is 5.04. The SMILES string of the molecule is Cl.O=C(OCCCCB(O)O)C1CCCN1. The predicted octanol–water partition coefficient (Wildman–Crippen LogP) is -0.0436. The summed E-state index contributed by atoms with van der Waals surface area (Å²) in [6, 6.07) is -0.131. The quantitative estimate of drug-likeness (QED) is 0.351. The van der Waals surface area contributed by atoms with Crippen LogP contribution < -0.4 is 5.32 Å². The lowest BCUT2D eigenvalue weighted by molar-refractivity contribution is -0.145. The summed E-state index contributed by atoms with van der Waals surface area (Å²) in [5, 5.41) is 20.2. The van der Waals surface area contributed by atoms with Gasteiger partial charge in [-0.3, -0.25) is 4.79 Å². The van der Waals surface area contributed by atoms with Crippen LogP contribution in [0, 0.1) is 0 Å². The van der Waals surface area contributed by atoms with E-state index >= 15 is 0 Å². The molecule has 0 amide bonds. The largest absolute Gasteiger partial charge is 0.465 e. The molecular formula is C9H19BClNO4. The Balaban J connectivity index is 0.00000225. The third kappa shape index (κ3) is 6.32. The smallest absolute Gasteiger partial charge is 0.451 e. The fraction of sp³-hybridized carbons (Fsp3) is 0.889. The lowest BCUT2D eigenvalue weighted by Crippen LogP contribution is -2.32. The van der Waals surface area contributed by atoms with Gasteiger partial charge in [0.1, 0.15) is 6.04 Å². The number of carbonyl (C=O) groups is 1. The Hall–Kier alpha value is -0.295. The maximum atomic E-state index is 11.4. The number of unbranched alkanes of at least 4 members (excludes halogenated alkanes) is 1. The van der Waals surface area contributed by atoms with E-state index in [4.69, 9.17) is 14.8 Å². The number of halogens is 1. The van der Waals surface area contributed by atoms with Crippen LogP contribution in [0.4, 0.5) is 0 Å². The molecule has 0 radical (unpaired) electrons. The van der Waals surface area contributed by atoms with Gasteiger partial charge in [-0.1, -0.05) is 6.42 Å². The third-order valence-electron chi connectivity index (χ3n) is 2.45. The number of carbonyl (C=O) groups excluding carboxylic acids is 1. The maximum absolute atomic E-state index is 11.4. The summed E-state index contributed by atoms with van der Waals surface area (Å²) in [7, 11) is -1.25. The molecule has 0 bridgehead atoms. The zero-order chi connectivity index (χ0) is 11.1. The second kappa shape index (κ2) is 8.81. The second-order valence-corrected chi connectivity index (χ2v) is 3.79. The molecule has 0 aromatic heterocycles. The molecule has 0 aliphatic carbocycles. The first-order valence-corrected chi connectivity index (χ1v) is 5.46. The van der Waals surface area contributed by atoms with Gasteiger partial charge in [-0.2, -0.15) is 0 Å². The lowest BCUT2D eigenvalue weighted by atomic mass is 9.84. The molecule has 7 heteroatoms. The van der Waals surface area contributed by atoms with Gasteiger partial charge >= 0.3 is 13.1 Å². The first kappa shape index (κ1) is 15.7. The Kier molecular flexibility index (Phi) is 8.65. The van der Waals surface area contributed by atoms with Gasteiger partial charge in [0.2, 0.25) is 0 Å². The summed E-state index contributed by atoms with van der Waals surface area (Å²) in [6.07, 6.45) is 3.54. The minimum Gasteiger partial charge on any atom is -0.465 e. The highest BCUT2D eigenvalue weighted by molar-refractivity contribution is 6.40. The van der Waals surface area contributed by atoms with Crippen LogP contribution in [0.3, 0.4) is 0 Å². The molecule has 1 aliphatic heterocycles. The number of esters is 1. The van der Waals surface area contributed by atoms with Crippen molar-refractivity contribution in [2.24, 2.45) is 0 Å². The van der Waals surface area contributed by atoms with Crippen LogP contribution in [0.25, 0.3) is 0 Å². The van der Waals surface area contributed by atoms with Crippen LogP contribution in [0.15, 0.2) is 0 Å². The van der Waals surface area contributed by atoms with Crippen LogP contribution >= 0.6 is 12.4 Å². The van der Waals surface area contributed by atoms with E-state index in [2.05, 4.69) is 5.32 Å². The molecule has 0 aromatic rings. The zero-order valence-electron chi connectivity index (χ0n) is 9.22. The molecule has 1 heterocycles. The van der Waals surface area contributed by atoms with E-state index in [1.165, 1.54) is 0 Å². The molecule has 0 saturated carbocycles. The highest BCUT2D eigenvalue weighted by atomic mass is 35.5. The molecule has 0 aromatic carbocycles. The van der Waals surface area contributed by atoms with Crippen molar-refractivity contribution >= 4 is 25.5 Å². The predicted molar refractivity (Wildman–Crippen MR) is 63.5 cm³/mol. The molecule has 1 rings (SSSR count). The van der Waals surface area contributed by atoms with Crippen LogP contribution in [0.2, 0.25) is 6.32 Å². The van der Waals surface area contributed by atoms with E-state index in [0.29, 0.717) is 25.8 Å². The Labute approximate surface area is 102 Å². The standard InChI is InChI=1S/C9H18BNO4.ClH/c12-9(8-4-3-6-11-8)15-7-2-1-5-10(13)14;/h8,11,13-14H,1-7H2;1H. The summed E-state index contributed by atoms with van der Waals surface area (Å²) in [4.78, 5) is 11.4. The Morgan fingerprint density at radius 1 is 1.44 bits per heavy atom. The van der Waals surface area contributed by atoms with Crippen LogP contribution in [-0.2, 0) is 9.53 Å². The van der Waals surface area contributed by atoms with Crippen LogP contribution in [0.1, 0.15) is 25.7 Å². The molecule has 1 saturated heterocycles. The van der Waals surface area contributed by atoms with Crippen molar-refractivity contribution in [2.75, 3.05) is 13.2 Å². The number of hydrogen-bond acceptors (Lipinski definition) is 5. The fourth-order valence-electron chi connectivity index (χ4n) is 1.59. The number of rotatable bonds is 6. The third-order valence-corrected chi connectivity index (χ3v) is 2.45. The average Bonchev–Trinajstić information content (AvgIpc) is 2.69. The van der Waals surface area contributed by atoms with Crippen molar-refractivity contribution in [1.82, 2.24) is 5.32 Å². The molecule has 1 unspecified atom stereocenters. The Bertz CT molecular complexity index is 200. The molecule has 1 atom stereocenters. The normalized spacial score (nSPS) is 19.0. The average molecular weight is 252 g/mol. The maximum Gasteiger partial charge on any atom is 0.451 e. The summed E-state index contributed by atoms with van der Waals surface area (Å²) in [5.41, 5.74) is 0. The monoisotopic (exact) mass is 251 g/mol. The van der Waals surface area contributed by atoms with Crippen LogP contribution in [-0.4, -0.2) is 42.3 Å². The second-order valence-electron chi connectivity index (χ2n) is 3.79. The fourth-order valence-corrected chi connectivity index (χ4v) is 1.59. The first-order chi connectivity index (χ1) is 7.20. The van der Waals surface area contributed by atoms with E-state index in [1.54, 1.807) is 0 Å². The number of hydrogen-bond donors (Lipinski definition) is 3. The van der Waals surface area contributed by atoms with Crippen molar-refractivity contribution in [3.8, 4) is 0 Å². The minimum absolute atomic E-state index is 0. The topological polar surface area (TPSA) is 78.8 Å². The summed E-state index contributed by atoms with van der Waals surface area (Å²) in [5.74, 6) is -0.183. The van der Waals surface area contributed by atoms with Gasteiger partial charge < -0.3 is 20.1 Å². The van der Waals surface area contributed by atoms with Gasteiger partial charge in [0.25, 0.3) is 0 Å². The number of ether oxygens (including phenoxy) is 1. The van der Waals surface area contributed by atoms with Crippen molar-refractivity contribution in [3.63, 3.8) is 0 Å². The van der Waals surface area contributed by atoms with Crippen molar-refractivity contribution in [3.05, 3.63) is 0 Å². The van der Waals surface area contributed by atoms with Crippen molar-refractivity contribution < 1.29 is 19.6 Å². The van der Waals surface area contributed by atoms with Gasteiger partial charge in [-0.25, -0.2) is 0 Å². The minimum atomic E-state index is -1.25. The lowest BCUT2D eigenvalue weighted by Gasteiger charge is -2.09. The zero-order valence-corrected chi connectivity index (χ0v) is 10.0. The van der Waals surface area contributed by atoms with Crippen LogP contribution in [0.5, 0.6) is 0 Å². The highest BCUT2D eigenvalue weighted by Crippen LogP contribution is 2.07. The van der Waals surface area contributed by atoms with Gasteiger partial charge in [0.15, 0.2) is 0 Å². The van der Waals surface area contributed by atoms with Gasteiger partial charge in [-0.05, 0) is 32.1 Å². The number of nitrogens with one attached hydrogen (secondary N) is 1. The highest BCUT2D eigenvalue weighted by Gasteiger charge is 2.22. The Morgan fingerprint density at radius 2 is 2.19 bits per heavy atom. The molecule has 1 fully saturated rings. The molecule has 1 aliphatic rings. The van der Waals surface area contributed by atoms with Gasteiger partial charge in [-0.15, -0.1) is 12.4 Å². The molecule has 94 valence electrons. The van der Waals surface area contributed by atoms with Crippen molar-refractivity contribution in [1.29, 1.82) is 0 Å². The molecule has 0 spiro atoms. The van der Waals surface area contributed by atoms with Gasteiger partial charge in [0.05, 0.1) is 6.61 Å². The Morgan fingerprint density at radius 3 is 2.75 bits per heavy atom. The summed E-state index contributed by atoms with van der Waals surface area (Å²) in [6.45, 7) is 1.25. The van der Waals surface area contributed by atoms with Gasteiger partial charge in [0, 0.05) is 0 Å². The van der Waals surface area contributed by atoms with E-state index in [1.807, 2.05) is 0 Å². The van der Waals surface area contributed by atoms with E-state index in [9.17, 15) is 4.79 Å². The molecule has 5 nitrogen and oxygen atoms in total. The van der Waals surface area contributed by atoms with E-state index < -0.39 is 7.12 Å². The summed E-state index contributed by atoms with van der Waals surface area (Å²) >= 11 is 0. The van der Waals surface area contributed by atoms with E-state index in [0.717, 1.165) is 19.4 Å². The molecule has 3 N–H and O–H groups in total. The first-order valence-electron chi connectivity index (χ1n) is 5.46.